The first-order valence-electron chi connectivity index (χ1n) is 3.61. The summed E-state index contributed by atoms with van der Waals surface area (Å²) in [4.78, 5) is 4.20. The molecular formula is C9H12NS. The molecule has 2 heteroatoms. The minimum Gasteiger partial charge on any atom is -0.260 e. The van der Waals surface area contributed by atoms with E-state index in [1.165, 1.54) is 5.92 Å². The first kappa shape index (κ1) is 8.60. The van der Waals surface area contributed by atoms with Crippen LogP contribution in [-0.4, -0.2) is 4.98 Å². The van der Waals surface area contributed by atoms with Crippen molar-refractivity contribution in [2.75, 3.05) is 0 Å². The lowest BCUT2D eigenvalue weighted by atomic mass is 10.1. The van der Waals surface area contributed by atoms with Gasteiger partial charge in [-0.2, -0.15) is 12.6 Å². The van der Waals surface area contributed by atoms with Crippen LogP contribution in [0.1, 0.15) is 24.8 Å². The maximum absolute atomic E-state index is 4.41. The second-order valence-corrected chi connectivity index (χ2v) is 3.25. The Labute approximate surface area is 73.3 Å². The average Bonchev–Trinajstić information content (AvgIpc) is 2.05. The Morgan fingerprint density at radius 1 is 1.45 bits per heavy atom. The second-order valence-electron chi connectivity index (χ2n) is 2.73. The Bertz CT molecular complexity index is 208. The molecule has 0 saturated carbocycles. The van der Waals surface area contributed by atoms with Crippen LogP contribution in [0.3, 0.4) is 0 Å². The van der Waals surface area contributed by atoms with Crippen molar-refractivity contribution in [1.29, 1.82) is 0 Å². The third-order valence-electron chi connectivity index (χ3n) is 1.51. The normalized spacial score (nSPS) is 13.5. The van der Waals surface area contributed by atoms with Crippen LogP contribution in [-0.2, 0) is 0 Å². The summed E-state index contributed by atoms with van der Waals surface area (Å²) >= 11 is 4.41. The molecule has 0 N–H and O–H groups in total. The summed E-state index contributed by atoms with van der Waals surface area (Å²) in [5.41, 5.74) is 1.02. The van der Waals surface area contributed by atoms with Crippen LogP contribution < -0.4 is 0 Å². The number of thiol groups is 1. The third-order valence-corrected chi connectivity index (χ3v) is 2.30. The maximum Gasteiger partial charge on any atom is 0.0536 e. The van der Waals surface area contributed by atoms with E-state index in [4.69, 9.17) is 0 Å². The van der Waals surface area contributed by atoms with Gasteiger partial charge in [0, 0.05) is 11.4 Å². The lowest BCUT2D eigenvalue weighted by molar-refractivity contribution is 0.900. The zero-order valence-corrected chi connectivity index (χ0v) is 7.68. The molecule has 1 aromatic heterocycles. The molecule has 0 amide bonds. The maximum atomic E-state index is 4.41. The Morgan fingerprint density at radius 3 is 2.64 bits per heavy atom. The molecule has 11 heavy (non-hydrogen) atoms. The zero-order chi connectivity index (χ0) is 8.27. The van der Waals surface area contributed by atoms with E-state index in [9.17, 15) is 0 Å². The van der Waals surface area contributed by atoms with E-state index in [2.05, 4.69) is 31.5 Å². The van der Waals surface area contributed by atoms with Gasteiger partial charge < -0.3 is 0 Å². The molecule has 0 saturated heterocycles. The Kier molecular flexibility index (Phi) is 2.94. The van der Waals surface area contributed by atoms with Gasteiger partial charge in [0.2, 0.25) is 0 Å². The van der Waals surface area contributed by atoms with E-state index in [0.717, 1.165) is 5.69 Å². The summed E-state index contributed by atoms with van der Waals surface area (Å²) in [6.07, 6.45) is 1.79. The fraction of sp³-hybridized carbons (Fsp3) is 0.333. The topological polar surface area (TPSA) is 12.9 Å². The zero-order valence-electron chi connectivity index (χ0n) is 6.78. The van der Waals surface area contributed by atoms with Crippen molar-refractivity contribution in [3.05, 3.63) is 36.0 Å². The number of rotatable bonds is 2. The van der Waals surface area contributed by atoms with Crippen molar-refractivity contribution in [3.8, 4) is 0 Å². The fourth-order valence-electron chi connectivity index (χ4n) is 0.833. The van der Waals surface area contributed by atoms with E-state index in [1.807, 2.05) is 18.2 Å². The predicted molar refractivity (Wildman–Crippen MR) is 50.6 cm³/mol. The number of pyridine rings is 1. The molecule has 0 spiro atoms. The van der Waals surface area contributed by atoms with Crippen molar-refractivity contribution >= 4 is 12.6 Å². The number of hydrogen-bond donors (Lipinski definition) is 1. The molecule has 1 radical (unpaired) electrons. The molecule has 0 aliphatic rings. The van der Waals surface area contributed by atoms with Gasteiger partial charge in [-0.15, -0.1) is 0 Å². The SMILES string of the molecule is C[C](C)C(S)c1ccccn1. The summed E-state index contributed by atoms with van der Waals surface area (Å²) in [5.74, 6) is 1.27. The minimum atomic E-state index is 0.177. The standard InChI is InChI=1S/C9H12NS/c1-7(2)9(11)8-5-3-4-6-10-8/h3-6,9,11H,1-2H3. The molecule has 0 aliphatic carbocycles. The van der Waals surface area contributed by atoms with Crippen LogP contribution in [0, 0.1) is 5.92 Å². The molecule has 0 bridgehead atoms. The first-order chi connectivity index (χ1) is 5.22. The van der Waals surface area contributed by atoms with Crippen LogP contribution in [0.2, 0.25) is 0 Å². The highest BCUT2D eigenvalue weighted by molar-refractivity contribution is 7.80. The van der Waals surface area contributed by atoms with Crippen LogP contribution in [0.4, 0.5) is 0 Å². The van der Waals surface area contributed by atoms with Gasteiger partial charge in [-0.3, -0.25) is 4.98 Å². The first-order valence-corrected chi connectivity index (χ1v) is 4.12. The van der Waals surface area contributed by atoms with Crippen molar-refractivity contribution < 1.29 is 0 Å². The molecule has 0 aliphatic heterocycles. The molecule has 59 valence electrons. The van der Waals surface area contributed by atoms with Gasteiger partial charge in [-0.1, -0.05) is 19.9 Å². The van der Waals surface area contributed by atoms with Crippen LogP contribution >= 0.6 is 12.6 Å². The van der Waals surface area contributed by atoms with Gasteiger partial charge in [0.15, 0.2) is 0 Å². The van der Waals surface area contributed by atoms with Gasteiger partial charge in [-0.05, 0) is 18.1 Å². The predicted octanol–water partition coefficient (Wildman–Crippen LogP) is 2.67. The van der Waals surface area contributed by atoms with Crippen molar-refractivity contribution in [1.82, 2.24) is 4.98 Å². The highest BCUT2D eigenvalue weighted by atomic mass is 32.1. The third kappa shape index (κ3) is 2.22. The Hall–Kier alpha value is -0.500. The average molecular weight is 166 g/mol. The van der Waals surface area contributed by atoms with Crippen LogP contribution in [0.15, 0.2) is 24.4 Å². The summed E-state index contributed by atoms with van der Waals surface area (Å²) in [6, 6.07) is 5.88. The van der Waals surface area contributed by atoms with Gasteiger partial charge in [-0.25, -0.2) is 0 Å². The van der Waals surface area contributed by atoms with Crippen LogP contribution in [0.5, 0.6) is 0 Å². The Morgan fingerprint density at radius 2 is 2.18 bits per heavy atom. The van der Waals surface area contributed by atoms with E-state index >= 15 is 0 Å². The van der Waals surface area contributed by atoms with E-state index in [0.29, 0.717) is 0 Å². The lowest BCUT2D eigenvalue weighted by Crippen LogP contribution is -1.99. The highest BCUT2D eigenvalue weighted by Gasteiger charge is 2.11. The lowest BCUT2D eigenvalue weighted by Gasteiger charge is -2.12. The van der Waals surface area contributed by atoms with E-state index < -0.39 is 0 Å². The van der Waals surface area contributed by atoms with Gasteiger partial charge in [0.05, 0.1) is 5.69 Å². The molecular weight excluding hydrogens is 154 g/mol. The van der Waals surface area contributed by atoms with Crippen LogP contribution in [0.25, 0.3) is 0 Å². The molecule has 1 rings (SSSR count). The number of nitrogens with zero attached hydrogens (tertiary/aromatic N) is 1. The monoisotopic (exact) mass is 166 g/mol. The smallest absolute Gasteiger partial charge is 0.0536 e. The quantitative estimate of drug-likeness (QED) is 0.666. The molecule has 1 heterocycles. The summed E-state index contributed by atoms with van der Waals surface area (Å²) in [7, 11) is 0. The van der Waals surface area contributed by atoms with Crippen molar-refractivity contribution in [3.63, 3.8) is 0 Å². The van der Waals surface area contributed by atoms with E-state index in [1.54, 1.807) is 6.20 Å². The van der Waals surface area contributed by atoms with Crippen molar-refractivity contribution in [2.24, 2.45) is 0 Å². The van der Waals surface area contributed by atoms with Gasteiger partial charge in [0.25, 0.3) is 0 Å². The minimum absolute atomic E-state index is 0.177. The summed E-state index contributed by atoms with van der Waals surface area (Å²) in [5, 5.41) is 0.177. The number of aromatic nitrogens is 1. The molecule has 1 aromatic rings. The highest BCUT2D eigenvalue weighted by Crippen LogP contribution is 2.27. The second kappa shape index (κ2) is 3.77. The van der Waals surface area contributed by atoms with Gasteiger partial charge in [0.1, 0.15) is 0 Å². The Balaban J connectivity index is 2.77. The van der Waals surface area contributed by atoms with Gasteiger partial charge >= 0.3 is 0 Å². The summed E-state index contributed by atoms with van der Waals surface area (Å²) < 4.78 is 0. The molecule has 0 fully saturated rings. The molecule has 1 nitrogen and oxygen atoms in total. The molecule has 0 aromatic carbocycles. The molecule has 1 atom stereocenters. The van der Waals surface area contributed by atoms with Crippen molar-refractivity contribution in [2.45, 2.75) is 19.1 Å². The summed E-state index contributed by atoms with van der Waals surface area (Å²) in [6.45, 7) is 4.12. The fourth-order valence-corrected chi connectivity index (χ4v) is 0.986. The number of hydrogen-bond acceptors (Lipinski definition) is 2. The van der Waals surface area contributed by atoms with E-state index in [-0.39, 0.29) is 5.25 Å². The molecule has 1 unspecified atom stereocenters. The largest absolute Gasteiger partial charge is 0.260 e.